The highest BCUT2D eigenvalue weighted by atomic mass is 32.2. The molecule has 0 rings (SSSR count). The van der Waals surface area contributed by atoms with Gasteiger partial charge in [0.25, 0.3) is 0 Å². The molecule has 5 heteroatoms. The summed E-state index contributed by atoms with van der Waals surface area (Å²) in [7, 11) is 1.72. The van der Waals surface area contributed by atoms with Gasteiger partial charge in [-0.05, 0) is 7.05 Å². The van der Waals surface area contributed by atoms with E-state index in [1.165, 1.54) is 11.9 Å². The zero-order chi connectivity index (χ0) is 7.28. The Balaban J connectivity index is 3.27. The summed E-state index contributed by atoms with van der Waals surface area (Å²) >= 11 is 1.29. The first-order valence-corrected chi connectivity index (χ1v) is 3.44. The monoisotopic (exact) mass is 150 g/mol. The van der Waals surface area contributed by atoms with Gasteiger partial charge >= 0.3 is 5.97 Å². The number of nitrogens with one attached hydrogen (secondary N) is 1. The van der Waals surface area contributed by atoms with Gasteiger partial charge in [-0.15, -0.1) is 0 Å². The van der Waals surface area contributed by atoms with Crippen LogP contribution < -0.4 is 10.5 Å². The third-order valence-electron chi connectivity index (χ3n) is 0.724. The van der Waals surface area contributed by atoms with Crippen molar-refractivity contribution in [2.75, 3.05) is 12.8 Å². The molecule has 1 atom stereocenters. The SMILES string of the molecule is CNSCC(N)C(=O)O. The lowest BCUT2D eigenvalue weighted by atomic mass is 10.4. The molecule has 0 radical (unpaired) electrons. The van der Waals surface area contributed by atoms with Gasteiger partial charge in [-0.1, -0.05) is 11.9 Å². The molecule has 0 aromatic heterocycles. The highest BCUT2D eigenvalue weighted by molar-refractivity contribution is 7.97. The lowest BCUT2D eigenvalue weighted by molar-refractivity contribution is -0.137. The molecule has 0 spiro atoms. The molecule has 4 N–H and O–H groups in total. The third-order valence-corrected chi connectivity index (χ3v) is 1.54. The average Bonchev–Trinajstić information content (AvgIpc) is 1.82. The van der Waals surface area contributed by atoms with Gasteiger partial charge in [0.15, 0.2) is 0 Å². The Morgan fingerprint density at radius 2 is 2.56 bits per heavy atom. The molecule has 0 saturated carbocycles. The van der Waals surface area contributed by atoms with Crippen LogP contribution in [0.5, 0.6) is 0 Å². The van der Waals surface area contributed by atoms with Crippen molar-refractivity contribution in [3.63, 3.8) is 0 Å². The second-order valence-electron chi connectivity index (χ2n) is 1.46. The smallest absolute Gasteiger partial charge is 0.321 e. The Labute approximate surface area is 57.9 Å². The van der Waals surface area contributed by atoms with Crippen LogP contribution in [0.25, 0.3) is 0 Å². The van der Waals surface area contributed by atoms with Gasteiger partial charge < -0.3 is 10.8 Å². The van der Waals surface area contributed by atoms with E-state index in [0.717, 1.165) is 0 Å². The van der Waals surface area contributed by atoms with E-state index in [-0.39, 0.29) is 0 Å². The average molecular weight is 150 g/mol. The fourth-order valence-electron chi connectivity index (χ4n) is 0.244. The van der Waals surface area contributed by atoms with Gasteiger partial charge in [0, 0.05) is 5.75 Å². The second kappa shape index (κ2) is 4.60. The van der Waals surface area contributed by atoms with Gasteiger partial charge in [-0.25, -0.2) is 0 Å². The van der Waals surface area contributed by atoms with Crippen molar-refractivity contribution in [1.29, 1.82) is 0 Å². The van der Waals surface area contributed by atoms with Crippen molar-refractivity contribution in [3.05, 3.63) is 0 Å². The van der Waals surface area contributed by atoms with Crippen molar-refractivity contribution >= 4 is 17.9 Å². The Morgan fingerprint density at radius 3 is 2.89 bits per heavy atom. The third kappa shape index (κ3) is 4.26. The van der Waals surface area contributed by atoms with Crippen LogP contribution in [0.1, 0.15) is 0 Å². The Hall–Kier alpha value is -0.260. The molecule has 0 aliphatic rings. The maximum absolute atomic E-state index is 10.0. The molecular weight excluding hydrogens is 140 g/mol. The van der Waals surface area contributed by atoms with Gasteiger partial charge in [0.1, 0.15) is 6.04 Å². The molecule has 0 amide bonds. The van der Waals surface area contributed by atoms with Crippen LogP contribution >= 0.6 is 11.9 Å². The zero-order valence-corrected chi connectivity index (χ0v) is 5.94. The summed E-state index contributed by atoms with van der Waals surface area (Å²) < 4.78 is 2.73. The first kappa shape index (κ1) is 8.74. The van der Waals surface area contributed by atoms with Crippen molar-refractivity contribution in [2.24, 2.45) is 5.73 Å². The molecule has 0 saturated heterocycles. The first-order valence-electron chi connectivity index (χ1n) is 2.45. The Bertz CT molecular complexity index is 98.6. The largest absolute Gasteiger partial charge is 0.480 e. The molecule has 0 fully saturated rings. The summed E-state index contributed by atoms with van der Waals surface area (Å²) in [4.78, 5) is 10.0. The minimum absolute atomic E-state index is 0.395. The number of carbonyl (C=O) groups is 1. The second-order valence-corrected chi connectivity index (χ2v) is 2.49. The lowest BCUT2D eigenvalue weighted by Crippen LogP contribution is -2.33. The first-order chi connectivity index (χ1) is 4.18. The van der Waals surface area contributed by atoms with Gasteiger partial charge in [0.05, 0.1) is 0 Å². The standard InChI is InChI=1S/C4H10N2O2S/c1-6-9-2-3(5)4(7)8/h3,6H,2,5H2,1H3,(H,7,8). The molecule has 4 nitrogen and oxygen atoms in total. The van der Waals surface area contributed by atoms with Crippen LogP contribution in [0.15, 0.2) is 0 Å². The predicted molar refractivity (Wildman–Crippen MR) is 37.1 cm³/mol. The normalized spacial score (nSPS) is 13.1. The van der Waals surface area contributed by atoms with E-state index in [2.05, 4.69) is 4.72 Å². The molecule has 0 aromatic rings. The summed E-state index contributed by atoms with van der Waals surface area (Å²) in [6, 6.07) is -0.762. The van der Waals surface area contributed by atoms with E-state index in [4.69, 9.17) is 10.8 Å². The molecule has 0 aliphatic carbocycles. The number of carboxylic acids is 1. The maximum Gasteiger partial charge on any atom is 0.321 e. The van der Waals surface area contributed by atoms with Crippen LogP contribution in [0.2, 0.25) is 0 Å². The molecule has 0 heterocycles. The fourth-order valence-corrected chi connectivity index (χ4v) is 0.733. The quantitative estimate of drug-likeness (QED) is 0.460. The molecule has 54 valence electrons. The Kier molecular flexibility index (Phi) is 4.47. The van der Waals surface area contributed by atoms with Crippen molar-refractivity contribution < 1.29 is 9.90 Å². The van der Waals surface area contributed by atoms with Crippen LogP contribution in [-0.2, 0) is 4.79 Å². The number of nitrogens with two attached hydrogens (primary N) is 1. The Morgan fingerprint density at radius 1 is 2.00 bits per heavy atom. The summed E-state index contributed by atoms with van der Waals surface area (Å²) in [6.45, 7) is 0. The number of aliphatic carboxylic acids is 1. The van der Waals surface area contributed by atoms with Crippen molar-refractivity contribution in [1.82, 2.24) is 4.72 Å². The van der Waals surface area contributed by atoms with Gasteiger partial charge in [-0.3, -0.25) is 9.52 Å². The summed E-state index contributed by atoms with van der Waals surface area (Å²) in [5.41, 5.74) is 5.14. The van der Waals surface area contributed by atoms with E-state index < -0.39 is 12.0 Å². The summed E-state index contributed by atoms with van der Waals surface area (Å²) in [5, 5.41) is 8.24. The van der Waals surface area contributed by atoms with Crippen molar-refractivity contribution in [2.45, 2.75) is 6.04 Å². The van der Waals surface area contributed by atoms with Gasteiger partial charge in [-0.2, -0.15) is 0 Å². The van der Waals surface area contributed by atoms with E-state index in [0.29, 0.717) is 5.75 Å². The highest BCUT2D eigenvalue weighted by Gasteiger charge is 2.09. The minimum Gasteiger partial charge on any atom is -0.480 e. The molecule has 9 heavy (non-hydrogen) atoms. The topological polar surface area (TPSA) is 75.3 Å². The van der Waals surface area contributed by atoms with Gasteiger partial charge in [0.2, 0.25) is 0 Å². The number of hydrogen-bond donors (Lipinski definition) is 3. The van der Waals surface area contributed by atoms with Crippen LogP contribution in [0, 0.1) is 0 Å². The van der Waals surface area contributed by atoms with Crippen LogP contribution in [-0.4, -0.2) is 29.9 Å². The van der Waals surface area contributed by atoms with E-state index in [9.17, 15) is 4.79 Å². The molecular formula is C4H10N2O2S. The predicted octanol–water partition coefficient (Wildman–Crippen LogP) is -0.734. The summed E-state index contributed by atoms with van der Waals surface area (Å²) in [5.74, 6) is -0.566. The number of carboxylic acid groups (broad SMARTS) is 1. The number of hydrogen-bond acceptors (Lipinski definition) is 4. The maximum atomic E-state index is 10.0. The number of rotatable bonds is 4. The summed E-state index contributed by atoms with van der Waals surface area (Å²) in [6.07, 6.45) is 0. The van der Waals surface area contributed by atoms with E-state index in [1.807, 2.05) is 0 Å². The van der Waals surface area contributed by atoms with E-state index >= 15 is 0 Å². The van der Waals surface area contributed by atoms with Crippen molar-refractivity contribution in [3.8, 4) is 0 Å². The minimum atomic E-state index is -0.960. The fraction of sp³-hybridized carbons (Fsp3) is 0.750. The molecule has 0 aromatic carbocycles. The van der Waals surface area contributed by atoms with Crippen LogP contribution in [0.3, 0.4) is 0 Å². The lowest BCUT2D eigenvalue weighted by Gasteiger charge is -2.02. The van der Waals surface area contributed by atoms with Crippen LogP contribution in [0.4, 0.5) is 0 Å². The molecule has 0 bridgehead atoms. The molecule has 0 aliphatic heterocycles. The highest BCUT2D eigenvalue weighted by Crippen LogP contribution is 1.93. The molecule has 1 unspecified atom stereocenters. The van der Waals surface area contributed by atoms with E-state index in [1.54, 1.807) is 7.05 Å². The zero-order valence-electron chi connectivity index (χ0n) is 5.13.